The van der Waals surface area contributed by atoms with Crippen molar-refractivity contribution >= 4 is 0 Å². The lowest BCUT2D eigenvalue weighted by molar-refractivity contribution is 0.184. The monoisotopic (exact) mass is 176 g/mol. The van der Waals surface area contributed by atoms with Crippen LogP contribution in [0, 0.1) is 11.3 Å². The van der Waals surface area contributed by atoms with E-state index in [1.54, 1.807) is 13.3 Å². The lowest BCUT2D eigenvalue weighted by Crippen LogP contribution is -1.97. The van der Waals surface area contributed by atoms with Gasteiger partial charge in [-0.05, 0) is 18.1 Å². The molecule has 0 aliphatic carbocycles. The molecule has 0 spiro atoms. The number of hydrogen-bond donors (Lipinski definition) is 0. The Morgan fingerprint density at radius 1 is 1.62 bits per heavy atom. The first-order chi connectivity index (χ1) is 6.31. The summed E-state index contributed by atoms with van der Waals surface area (Å²) in [5.41, 5.74) is 2.50. The Morgan fingerprint density at radius 3 is 2.92 bits per heavy atom. The smallest absolute Gasteiger partial charge is 0.101 e. The van der Waals surface area contributed by atoms with Crippen LogP contribution < -0.4 is 0 Å². The molecule has 0 aliphatic rings. The fourth-order valence-electron chi connectivity index (χ4n) is 1.12. The highest BCUT2D eigenvalue weighted by molar-refractivity contribution is 5.36. The van der Waals surface area contributed by atoms with E-state index in [9.17, 15) is 0 Å². The van der Waals surface area contributed by atoms with Crippen LogP contribution in [-0.4, -0.2) is 12.1 Å². The van der Waals surface area contributed by atoms with Crippen LogP contribution >= 0.6 is 0 Å². The standard InChI is InChI=1S/C10H12N2O/c1-3-10-4-8(7-13-2)9(5-11)6-12-10/h4,6H,3,7H2,1-2H3. The van der Waals surface area contributed by atoms with Gasteiger partial charge in [-0.2, -0.15) is 5.26 Å². The Kier molecular flexibility index (Phi) is 3.41. The minimum Gasteiger partial charge on any atom is -0.380 e. The van der Waals surface area contributed by atoms with Crippen molar-refractivity contribution in [3.05, 3.63) is 29.1 Å². The number of nitriles is 1. The molecule has 0 fully saturated rings. The maximum absolute atomic E-state index is 8.76. The van der Waals surface area contributed by atoms with Gasteiger partial charge < -0.3 is 4.74 Å². The average Bonchev–Trinajstić information content (AvgIpc) is 2.18. The Morgan fingerprint density at radius 2 is 2.38 bits per heavy atom. The summed E-state index contributed by atoms with van der Waals surface area (Å²) < 4.78 is 4.99. The summed E-state index contributed by atoms with van der Waals surface area (Å²) >= 11 is 0. The number of rotatable bonds is 3. The molecule has 0 radical (unpaired) electrons. The summed E-state index contributed by atoms with van der Waals surface area (Å²) in [5.74, 6) is 0. The van der Waals surface area contributed by atoms with Crippen molar-refractivity contribution in [3.8, 4) is 6.07 Å². The number of methoxy groups -OCH3 is 1. The summed E-state index contributed by atoms with van der Waals surface area (Å²) in [6.07, 6.45) is 2.48. The van der Waals surface area contributed by atoms with Crippen molar-refractivity contribution < 1.29 is 4.74 Å². The highest BCUT2D eigenvalue weighted by Crippen LogP contribution is 2.09. The largest absolute Gasteiger partial charge is 0.380 e. The van der Waals surface area contributed by atoms with E-state index in [0.29, 0.717) is 12.2 Å². The van der Waals surface area contributed by atoms with Gasteiger partial charge in [-0.1, -0.05) is 6.92 Å². The second-order valence-corrected chi connectivity index (χ2v) is 2.73. The van der Waals surface area contributed by atoms with E-state index >= 15 is 0 Å². The molecule has 0 bridgehead atoms. The van der Waals surface area contributed by atoms with Crippen LogP contribution in [0.1, 0.15) is 23.7 Å². The third-order valence-corrected chi connectivity index (χ3v) is 1.83. The third kappa shape index (κ3) is 2.27. The molecule has 13 heavy (non-hydrogen) atoms. The molecule has 0 saturated heterocycles. The zero-order valence-electron chi connectivity index (χ0n) is 7.87. The van der Waals surface area contributed by atoms with Gasteiger partial charge in [0.1, 0.15) is 6.07 Å². The van der Waals surface area contributed by atoms with E-state index in [0.717, 1.165) is 17.7 Å². The van der Waals surface area contributed by atoms with Crippen molar-refractivity contribution in [2.75, 3.05) is 7.11 Å². The van der Waals surface area contributed by atoms with Gasteiger partial charge in [0.05, 0.1) is 12.2 Å². The highest BCUT2D eigenvalue weighted by atomic mass is 16.5. The summed E-state index contributed by atoms with van der Waals surface area (Å²) in [5, 5.41) is 8.76. The molecule has 0 saturated carbocycles. The summed E-state index contributed by atoms with van der Waals surface area (Å²) in [6, 6.07) is 4.01. The minimum absolute atomic E-state index is 0.471. The van der Waals surface area contributed by atoms with E-state index in [-0.39, 0.29) is 0 Å². The number of ether oxygens (including phenoxy) is 1. The molecule has 1 rings (SSSR count). The molecule has 1 aromatic heterocycles. The van der Waals surface area contributed by atoms with E-state index in [1.165, 1.54) is 0 Å². The SMILES string of the molecule is CCc1cc(COC)c(C#N)cn1. The van der Waals surface area contributed by atoms with Crippen molar-refractivity contribution in [1.82, 2.24) is 4.98 Å². The lowest BCUT2D eigenvalue weighted by atomic mass is 10.1. The van der Waals surface area contributed by atoms with Crippen LogP contribution in [0.2, 0.25) is 0 Å². The Bertz CT molecular complexity index is 328. The van der Waals surface area contributed by atoms with Crippen molar-refractivity contribution in [3.63, 3.8) is 0 Å². The average molecular weight is 176 g/mol. The summed E-state index contributed by atoms with van der Waals surface area (Å²) in [4.78, 5) is 4.13. The summed E-state index contributed by atoms with van der Waals surface area (Å²) in [6.45, 7) is 2.50. The van der Waals surface area contributed by atoms with E-state index in [4.69, 9.17) is 10.00 Å². The molecular formula is C10H12N2O. The number of nitrogens with zero attached hydrogens (tertiary/aromatic N) is 2. The fourth-order valence-corrected chi connectivity index (χ4v) is 1.12. The molecule has 3 heteroatoms. The zero-order chi connectivity index (χ0) is 9.68. The summed E-state index contributed by atoms with van der Waals surface area (Å²) in [7, 11) is 1.62. The van der Waals surface area contributed by atoms with Crippen molar-refractivity contribution in [2.24, 2.45) is 0 Å². The Hall–Kier alpha value is -1.40. The molecule has 0 aromatic carbocycles. The van der Waals surface area contributed by atoms with Gasteiger partial charge >= 0.3 is 0 Å². The van der Waals surface area contributed by atoms with Crippen LogP contribution in [0.5, 0.6) is 0 Å². The molecular weight excluding hydrogens is 164 g/mol. The van der Waals surface area contributed by atoms with Gasteiger partial charge in [0.2, 0.25) is 0 Å². The lowest BCUT2D eigenvalue weighted by Gasteiger charge is -2.03. The predicted molar refractivity (Wildman–Crippen MR) is 49.0 cm³/mol. The normalized spacial score (nSPS) is 9.62. The minimum atomic E-state index is 0.471. The second kappa shape index (κ2) is 4.58. The number of hydrogen-bond acceptors (Lipinski definition) is 3. The number of aryl methyl sites for hydroxylation is 1. The molecule has 0 unspecified atom stereocenters. The van der Waals surface area contributed by atoms with Crippen LogP contribution in [0.4, 0.5) is 0 Å². The van der Waals surface area contributed by atoms with Gasteiger partial charge in [-0.15, -0.1) is 0 Å². The predicted octanol–water partition coefficient (Wildman–Crippen LogP) is 1.66. The molecule has 1 heterocycles. The van der Waals surface area contributed by atoms with Gasteiger partial charge in [-0.25, -0.2) is 0 Å². The molecule has 0 N–H and O–H groups in total. The third-order valence-electron chi connectivity index (χ3n) is 1.83. The van der Waals surface area contributed by atoms with Gasteiger partial charge in [0.25, 0.3) is 0 Å². The Balaban J connectivity index is 3.04. The Labute approximate surface area is 78.0 Å². The van der Waals surface area contributed by atoms with Crippen LogP contribution in [0.3, 0.4) is 0 Å². The van der Waals surface area contributed by atoms with Crippen LogP contribution in [0.15, 0.2) is 12.3 Å². The molecule has 0 amide bonds. The second-order valence-electron chi connectivity index (χ2n) is 2.73. The maximum atomic E-state index is 8.76. The van der Waals surface area contributed by atoms with Crippen molar-refractivity contribution in [1.29, 1.82) is 5.26 Å². The van der Waals surface area contributed by atoms with E-state index < -0.39 is 0 Å². The zero-order valence-corrected chi connectivity index (χ0v) is 7.87. The molecule has 68 valence electrons. The van der Waals surface area contributed by atoms with Gasteiger partial charge in [0.15, 0.2) is 0 Å². The first kappa shape index (κ1) is 9.69. The molecule has 1 aromatic rings. The molecule has 0 aliphatic heterocycles. The van der Waals surface area contributed by atoms with Crippen molar-refractivity contribution in [2.45, 2.75) is 20.0 Å². The highest BCUT2D eigenvalue weighted by Gasteiger charge is 2.02. The van der Waals surface area contributed by atoms with Crippen LogP contribution in [-0.2, 0) is 17.8 Å². The molecule has 0 atom stereocenters. The quantitative estimate of drug-likeness (QED) is 0.703. The van der Waals surface area contributed by atoms with E-state index in [1.807, 2.05) is 13.0 Å². The van der Waals surface area contributed by atoms with E-state index in [2.05, 4.69) is 11.1 Å². The molecule has 3 nitrogen and oxygen atoms in total. The fraction of sp³-hybridized carbons (Fsp3) is 0.400. The maximum Gasteiger partial charge on any atom is 0.101 e. The first-order valence-corrected chi connectivity index (χ1v) is 4.18. The van der Waals surface area contributed by atoms with Gasteiger partial charge in [0, 0.05) is 19.0 Å². The first-order valence-electron chi connectivity index (χ1n) is 4.18. The van der Waals surface area contributed by atoms with Gasteiger partial charge in [-0.3, -0.25) is 4.98 Å². The van der Waals surface area contributed by atoms with Crippen LogP contribution in [0.25, 0.3) is 0 Å². The number of pyridine rings is 1. The topological polar surface area (TPSA) is 45.9 Å². The number of aromatic nitrogens is 1.